The number of anilines is 2. The van der Waals surface area contributed by atoms with Gasteiger partial charge in [-0.05, 0) is 18.6 Å². The van der Waals surface area contributed by atoms with Crippen molar-refractivity contribution in [2.45, 2.75) is 6.92 Å². The van der Waals surface area contributed by atoms with Crippen molar-refractivity contribution in [3.8, 4) is 11.5 Å². The number of nitrogens with zero attached hydrogens (tertiary/aromatic N) is 2. The van der Waals surface area contributed by atoms with Gasteiger partial charge in [0.2, 0.25) is 5.75 Å². The van der Waals surface area contributed by atoms with Crippen molar-refractivity contribution >= 4 is 17.3 Å². The number of hydrogen-bond acceptors (Lipinski definition) is 5. The lowest BCUT2D eigenvalue weighted by Gasteiger charge is -2.25. The van der Waals surface area contributed by atoms with Crippen LogP contribution in [0.3, 0.4) is 0 Å². The molecule has 8 nitrogen and oxygen atoms in total. The Morgan fingerprint density at radius 2 is 1.87 bits per heavy atom. The van der Waals surface area contributed by atoms with E-state index in [2.05, 4.69) is 10.4 Å². The number of benzene rings is 1. The van der Waals surface area contributed by atoms with E-state index >= 15 is 0 Å². The van der Waals surface area contributed by atoms with Gasteiger partial charge in [0.1, 0.15) is 0 Å². The van der Waals surface area contributed by atoms with E-state index in [1.54, 1.807) is 26.2 Å². The van der Waals surface area contributed by atoms with Crippen molar-refractivity contribution < 1.29 is 9.53 Å². The fourth-order valence-corrected chi connectivity index (χ4v) is 2.42. The molecule has 0 atom stereocenters. The summed E-state index contributed by atoms with van der Waals surface area (Å²) in [5.74, 6) is -0.152. The number of aryl methyl sites for hydroxylation is 2. The zero-order chi connectivity index (χ0) is 16.9. The number of H-pyrrole nitrogens is 1. The molecule has 2 aromatic rings. The zero-order valence-corrected chi connectivity index (χ0v) is 13.2. The van der Waals surface area contributed by atoms with Gasteiger partial charge in [-0.3, -0.25) is 24.2 Å². The monoisotopic (exact) mass is 316 g/mol. The Kier molecular flexibility index (Phi) is 3.24. The molecule has 1 aliphatic rings. The number of amides is 1. The van der Waals surface area contributed by atoms with Crippen LogP contribution in [0.2, 0.25) is 0 Å². The molecule has 1 aromatic carbocycles. The molecule has 2 N–H and O–H groups in total. The Hall–Kier alpha value is -3.03. The number of carbonyl (C=O) groups is 1. The average Bonchev–Trinajstić information content (AvgIpc) is 2.51. The van der Waals surface area contributed by atoms with Gasteiger partial charge in [-0.15, -0.1) is 0 Å². The van der Waals surface area contributed by atoms with Crippen LogP contribution in [0.4, 0.5) is 11.4 Å². The molecule has 120 valence electrons. The number of rotatable bonds is 1. The van der Waals surface area contributed by atoms with Gasteiger partial charge in [0.15, 0.2) is 11.4 Å². The van der Waals surface area contributed by atoms with Crippen molar-refractivity contribution in [3.05, 3.63) is 44.0 Å². The fraction of sp³-hybridized carbons (Fsp3) is 0.267. The maximum atomic E-state index is 12.3. The van der Waals surface area contributed by atoms with Gasteiger partial charge in [0.25, 0.3) is 11.5 Å². The standard InChI is InChI=1S/C15H16N4O4/c1-7-5-6-8(14(21)18(2)3)11-9(7)16-10-12(23-11)13(20)17-19(4)15(10)22/h5-6,16H,1-4H3,(H,17,20). The Labute approximate surface area is 131 Å². The summed E-state index contributed by atoms with van der Waals surface area (Å²) in [6.07, 6.45) is 0. The molecule has 2 heterocycles. The fourth-order valence-electron chi connectivity index (χ4n) is 2.42. The highest BCUT2D eigenvalue weighted by atomic mass is 16.5. The number of nitrogens with one attached hydrogen (secondary N) is 2. The molecule has 0 fully saturated rings. The number of carbonyl (C=O) groups excluding carboxylic acids is 1. The minimum Gasteiger partial charge on any atom is -0.446 e. The molecule has 8 heteroatoms. The first-order valence-electron chi connectivity index (χ1n) is 6.94. The van der Waals surface area contributed by atoms with E-state index in [9.17, 15) is 14.4 Å². The first kappa shape index (κ1) is 14.9. The topological polar surface area (TPSA) is 96.4 Å². The molecule has 0 bridgehead atoms. The van der Waals surface area contributed by atoms with Crippen LogP contribution >= 0.6 is 0 Å². The SMILES string of the molecule is Cc1ccc(C(=O)N(C)C)c2c1Nc1c(c(=O)[nH]n(C)c1=O)O2. The Morgan fingerprint density at radius 1 is 1.17 bits per heavy atom. The first-order chi connectivity index (χ1) is 10.8. The van der Waals surface area contributed by atoms with Crippen molar-refractivity contribution in [3.63, 3.8) is 0 Å². The van der Waals surface area contributed by atoms with E-state index in [0.29, 0.717) is 11.3 Å². The second-order valence-corrected chi connectivity index (χ2v) is 5.57. The molecule has 23 heavy (non-hydrogen) atoms. The highest BCUT2D eigenvalue weighted by Gasteiger charge is 2.29. The molecule has 1 amide bonds. The lowest BCUT2D eigenvalue weighted by atomic mass is 10.1. The third-order valence-corrected chi connectivity index (χ3v) is 3.68. The summed E-state index contributed by atoms with van der Waals surface area (Å²) in [5.41, 5.74) is 0.699. The van der Waals surface area contributed by atoms with Crippen molar-refractivity contribution in [2.24, 2.45) is 7.05 Å². The third kappa shape index (κ3) is 2.19. The van der Waals surface area contributed by atoms with Gasteiger partial charge in [-0.1, -0.05) is 6.07 Å². The number of ether oxygens (including phenoxy) is 1. The third-order valence-electron chi connectivity index (χ3n) is 3.68. The minimum absolute atomic E-state index is 0.0568. The number of aromatic nitrogens is 2. The first-order valence-corrected chi connectivity index (χ1v) is 6.94. The van der Waals surface area contributed by atoms with Crippen LogP contribution in [-0.4, -0.2) is 34.7 Å². The summed E-state index contributed by atoms with van der Waals surface area (Å²) < 4.78 is 6.74. The number of hydrogen-bond donors (Lipinski definition) is 2. The van der Waals surface area contributed by atoms with Gasteiger partial charge in [-0.25, -0.2) is 0 Å². The highest BCUT2D eigenvalue weighted by Crippen LogP contribution is 2.42. The molecule has 0 saturated carbocycles. The van der Waals surface area contributed by atoms with Crippen LogP contribution < -0.4 is 21.2 Å². The molecule has 0 saturated heterocycles. The van der Waals surface area contributed by atoms with Crippen LogP contribution in [0.5, 0.6) is 11.5 Å². The maximum Gasteiger partial charge on any atom is 0.308 e. The van der Waals surface area contributed by atoms with Gasteiger partial charge >= 0.3 is 5.56 Å². The molecule has 1 aliphatic heterocycles. The van der Waals surface area contributed by atoms with Crippen molar-refractivity contribution in [1.29, 1.82) is 0 Å². The summed E-state index contributed by atoms with van der Waals surface area (Å²) in [6.45, 7) is 1.82. The molecule has 1 aromatic heterocycles. The van der Waals surface area contributed by atoms with Gasteiger partial charge in [-0.2, -0.15) is 0 Å². The largest absolute Gasteiger partial charge is 0.446 e. The summed E-state index contributed by atoms with van der Waals surface area (Å²) >= 11 is 0. The molecule has 3 rings (SSSR count). The Balaban J connectivity index is 2.26. The van der Waals surface area contributed by atoms with E-state index < -0.39 is 11.1 Å². The smallest absolute Gasteiger partial charge is 0.308 e. The second-order valence-electron chi connectivity index (χ2n) is 5.57. The summed E-state index contributed by atoms with van der Waals surface area (Å²) in [4.78, 5) is 38.0. The molecule has 0 radical (unpaired) electrons. The van der Waals surface area contributed by atoms with Crippen molar-refractivity contribution in [1.82, 2.24) is 14.7 Å². The zero-order valence-electron chi connectivity index (χ0n) is 13.2. The van der Waals surface area contributed by atoms with Gasteiger partial charge < -0.3 is 15.0 Å². The molecular formula is C15H16N4O4. The molecular weight excluding hydrogens is 300 g/mol. The predicted octanol–water partition coefficient (Wildman–Crippen LogP) is 0.933. The summed E-state index contributed by atoms with van der Waals surface area (Å²) in [5, 5.41) is 5.32. The van der Waals surface area contributed by atoms with E-state index in [1.807, 2.05) is 6.92 Å². The Bertz CT molecular complexity index is 940. The summed E-state index contributed by atoms with van der Waals surface area (Å²) in [7, 11) is 4.70. The summed E-state index contributed by atoms with van der Waals surface area (Å²) in [6, 6.07) is 3.40. The van der Waals surface area contributed by atoms with Crippen LogP contribution in [0.15, 0.2) is 21.7 Å². The lowest BCUT2D eigenvalue weighted by molar-refractivity contribution is 0.0825. The number of aromatic amines is 1. The number of fused-ring (bicyclic) bond motifs is 2. The van der Waals surface area contributed by atoms with Crippen LogP contribution in [-0.2, 0) is 7.05 Å². The lowest BCUT2D eigenvalue weighted by Crippen LogP contribution is -2.32. The van der Waals surface area contributed by atoms with Gasteiger partial charge in [0.05, 0.1) is 11.3 Å². The van der Waals surface area contributed by atoms with Crippen LogP contribution in [0.1, 0.15) is 15.9 Å². The van der Waals surface area contributed by atoms with E-state index in [-0.39, 0.29) is 23.1 Å². The quantitative estimate of drug-likeness (QED) is 0.696. The minimum atomic E-state index is -0.551. The maximum absolute atomic E-state index is 12.3. The second kappa shape index (κ2) is 5.01. The van der Waals surface area contributed by atoms with Crippen molar-refractivity contribution in [2.75, 3.05) is 19.4 Å². The molecule has 0 spiro atoms. The van der Waals surface area contributed by atoms with E-state index in [0.717, 1.165) is 10.2 Å². The van der Waals surface area contributed by atoms with E-state index in [4.69, 9.17) is 4.74 Å². The van der Waals surface area contributed by atoms with Gasteiger partial charge in [0, 0.05) is 21.1 Å². The normalized spacial score (nSPS) is 11.8. The van der Waals surface area contributed by atoms with E-state index in [1.165, 1.54) is 11.9 Å². The Morgan fingerprint density at radius 3 is 2.52 bits per heavy atom. The molecule has 0 unspecified atom stereocenters. The van der Waals surface area contributed by atoms with Crippen LogP contribution in [0.25, 0.3) is 0 Å². The molecule has 0 aliphatic carbocycles. The van der Waals surface area contributed by atoms with Crippen LogP contribution in [0, 0.1) is 6.92 Å². The highest BCUT2D eigenvalue weighted by molar-refractivity contribution is 6.00. The average molecular weight is 316 g/mol. The predicted molar refractivity (Wildman–Crippen MR) is 84.9 cm³/mol.